The van der Waals surface area contributed by atoms with Crippen molar-refractivity contribution in [2.24, 2.45) is 0 Å². The maximum Gasteiger partial charge on any atom is 0.104 e. The fraction of sp³-hybridized carbons (Fsp3) is 0.429. The lowest BCUT2D eigenvalue weighted by atomic mass is 9.90. The van der Waals surface area contributed by atoms with E-state index >= 15 is 0 Å². The molecule has 0 saturated heterocycles. The number of nitrogens with one attached hydrogen (secondary N) is 2. The predicted octanol–water partition coefficient (Wildman–Crippen LogP) is 7.46. The molecule has 2 atom stereocenters. The van der Waals surface area contributed by atoms with Gasteiger partial charge in [-0.1, -0.05) is 88.1 Å². The van der Waals surface area contributed by atoms with E-state index < -0.39 is 11.2 Å². The van der Waals surface area contributed by atoms with E-state index in [1.165, 1.54) is 0 Å². The van der Waals surface area contributed by atoms with Crippen LogP contribution >= 0.6 is 0 Å². The van der Waals surface area contributed by atoms with Gasteiger partial charge in [0.1, 0.15) is 11.2 Å². The largest absolute Gasteiger partial charge is 0.382 e. The smallest absolute Gasteiger partial charge is 0.104 e. The zero-order valence-electron chi connectivity index (χ0n) is 19.4. The first-order chi connectivity index (χ1) is 15.1. The lowest BCUT2D eigenvalue weighted by Crippen LogP contribution is -2.50. The van der Waals surface area contributed by atoms with E-state index in [4.69, 9.17) is 4.74 Å². The zero-order valence-corrected chi connectivity index (χ0v) is 19.4. The first kappa shape index (κ1) is 24.7. The Hall–Kier alpha value is -2.52. The number of benzene rings is 2. The van der Waals surface area contributed by atoms with Crippen LogP contribution < -0.4 is 10.6 Å². The Kier molecular flexibility index (Phi) is 10.4. The van der Waals surface area contributed by atoms with Gasteiger partial charge in [-0.25, -0.2) is 0 Å². The molecule has 0 heterocycles. The van der Waals surface area contributed by atoms with Crippen LogP contribution in [0.4, 0.5) is 11.4 Å². The van der Waals surface area contributed by atoms with E-state index in [-0.39, 0.29) is 0 Å². The van der Waals surface area contributed by atoms with E-state index in [1.807, 2.05) is 48.6 Å². The van der Waals surface area contributed by atoms with Gasteiger partial charge in [-0.2, -0.15) is 0 Å². The Bertz CT molecular complexity index is 696. The molecule has 2 aromatic carbocycles. The van der Waals surface area contributed by atoms with Crippen LogP contribution in [0, 0.1) is 0 Å². The molecule has 31 heavy (non-hydrogen) atoms. The topological polar surface area (TPSA) is 33.3 Å². The highest BCUT2D eigenvalue weighted by atomic mass is 16.5. The third-order valence-corrected chi connectivity index (χ3v) is 5.79. The van der Waals surface area contributed by atoms with Crippen molar-refractivity contribution < 1.29 is 4.74 Å². The summed E-state index contributed by atoms with van der Waals surface area (Å²) in [4.78, 5) is 0. The summed E-state index contributed by atoms with van der Waals surface area (Å²) in [6.07, 6.45) is 10.2. The molecule has 2 aromatic rings. The summed E-state index contributed by atoms with van der Waals surface area (Å²) in [5.74, 6) is 0. The second-order valence-electron chi connectivity index (χ2n) is 8.29. The van der Waals surface area contributed by atoms with Crippen LogP contribution in [-0.2, 0) is 4.74 Å². The van der Waals surface area contributed by atoms with E-state index in [9.17, 15) is 0 Å². The highest BCUT2D eigenvalue weighted by Gasteiger charge is 2.38. The summed E-state index contributed by atoms with van der Waals surface area (Å²) in [5.41, 5.74) is 1.22. The van der Waals surface area contributed by atoms with E-state index in [1.54, 1.807) is 0 Å². The molecule has 168 valence electrons. The molecule has 2 unspecified atom stereocenters. The molecule has 3 nitrogen and oxygen atoms in total. The van der Waals surface area contributed by atoms with Crippen LogP contribution in [0.2, 0.25) is 0 Å². The third-order valence-electron chi connectivity index (χ3n) is 5.79. The number of ether oxygens (including phenoxy) is 1. The zero-order chi connectivity index (χ0) is 22.4. The second-order valence-corrected chi connectivity index (χ2v) is 8.29. The predicted molar refractivity (Wildman–Crippen MR) is 136 cm³/mol. The van der Waals surface area contributed by atoms with E-state index in [0.717, 1.165) is 49.9 Å². The van der Waals surface area contributed by atoms with Crippen molar-refractivity contribution in [1.29, 1.82) is 0 Å². The Morgan fingerprint density at radius 3 is 1.42 bits per heavy atom. The van der Waals surface area contributed by atoms with Crippen LogP contribution in [0.25, 0.3) is 0 Å². The first-order valence-corrected chi connectivity index (χ1v) is 11.7. The van der Waals surface area contributed by atoms with Crippen molar-refractivity contribution in [1.82, 2.24) is 0 Å². The quantitative estimate of drug-likeness (QED) is 0.277. The van der Waals surface area contributed by atoms with Gasteiger partial charge in [0, 0.05) is 24.5 Å². The molecule has 0 aliphatic carbocycles. The second kappa shape index (κ2) is 13.0. The van der Waals surface area contributed by atoms with Gasteiger partial charge < -0.3 is 15.4 Å². The van der Waals surface area contributed by atoms with E-state index in [0.29, 0.717) is 13.1 Å². The number of rotatable bonds is 16. The molecule has 0 aromatic heterocycles. The number of anilines is 2. The fourth-order valence-corrected chi connectivity index (χ4v) is 3.75. The highest BCUT2D eigenvalue weighted by molar-refractivity contribution is 5.44. The molecule has 2 rings (SSSR count). The minimum absolute atomic E-state index is 0.480. The molecule has 0 radical (unpaired) electrons. The van der Waals surface area contributed by atoms with Gasteiger partial charge in [-0.15, -0.1) is 13.2 Å². The Labute approximate surface area is 189 Å². The van der Waals surface area contributed by atoms with Gasteiger partial charge in [0.15, 0.2) is 0 Å². The average Bonchev–Trinajstić information content (AvgIpc) is 2.84. The number of hydrogen-bond acceptors (Lipinski definition) is 3. The monoisotopic (exact) mass is 420 g/mol. The highest BCUT2D eigenvalue weighted by Crippen LogP contribution is 2.33. The molecule has 0 saturated carbocycles. The first-order valence-electron chi connectivity index (χ1n) is 11.7. The average molecular weight is 421 g/mol. The molecule has 2 N–H and O–H groups in total. The Balaban J connectivity index is 2.25. The van der Waals surface area contributed by atoms with Crippen LogP contribution in [0.15, 0.2) is 86.0 Å². The molecule has 0 aliphatic heterocycles. The van der Waals surface area contributed by atoms with Gasteiger partial charge in [0.25, 0.3) is 0 Å². The summed E-state index contributed by atoms with van der Waals surface area (Å²) >= 11 is 0. The normalized spacial score (nSPS) is 14.8. The molecule has 3 heteroatoms. The van der Waals surface area contributed by atoms with Crippen molar-refractivity contribution in [2.45, 2.75) is 63.6 Å². The SMILES string of the molecule is C=CC(CCCC)(CNc1ccccc1)OC(C=C)(CCCC)CNc1ccccc1. The van der Waals surface area contributed by atoms with E-state index in [2.05, 4.69) is 61.9 Å². The molecule has 0 bridgehead atoms. The van der Waals surface area contributed by atoms with Gasteiger partial charge in [-0.3, -0.25) is 0 Å². The standard InChI is InChI=1S/C28H40N2O/c1-5-9-21-27(7-3,23-29-25-17-13-11-14-18-25)31-28(8-4,22-10-6-2)24-30-26-19-15-12-16-20-26/h7-8,11-20,29-30H,3-6,9-10,21-24H2,1-2H3. The van der Waals surface area contributed by atoms with Crippen LogP contribution in [-0.4, -0.2) is 24.3 Å². The molecule has 0 amide bonds. The molecular weight excluding hydrogens is 380 g/mol. The summed E-state index contributed by atoms with van der Waals surface area (Å²) in [5, 5.41) is 7.14. The van der Waals surface area contributed by atoms with Gasteiger partial charge >= 0.3 is 0 Å². The summed E-state index contributed by atoms with van der Waals surface area (Å²) in [6, 6.07) is 20.6. The van der Waals surface area contributed by atoms with Crippen molar-refractivity contribution in [3.05, 3.63) is 86.0 Å². The van der Waals surface area contributed by atoms with Gasteiger partial charge in [0.05, 0.1) is 0 Å². The molecule has 0 aliphatic rings. The lowest BCUT2D eigenvalue weighted by Gasteiger charge is -2.42. The maximum atomic E-state index is 7.01. The summed E-state index contributed by atoms with van der Waals surface area (Å²) in [7, 11) is 0. The molecule has 0 spiro atoms. The number of unbranched alkanes of at least 4 members (excludes halogenated alkanes) is 2. The van der Waals surface area contributed by atoms with Crippen LogP contribution in [0.1, 0.15) is 52.4 Å². The van der Waals surface area contributed by atoms with Crippen molar-refractivity contribution >= 4 is 11.4 Å². The maximum absolute atomic E-state index is 7.01. The van der Waals surface area contributed by atoms with Gasteiger partial charge in [0.2, 0.25) is 0 Å². The minimum Gasteiger partial charge on any atom is -0.382 e. The van der Waals surface area contributed by atoms with Crippen LogP contribution in [0.3, 0.4) is 0 Å². The fourth-order valence-electron chi connectivity index (χ4n) is 3.75. The minimum atomic E-state index is -0.480. The number of hydrogen-bond donors (Lipinski definition) is 2. The van der Waals surface area contributed by atoms with Crippen molar-refractivity contribution in [3.8, 4) is 0 Å². The Morgan fingerprint density at radius 1 is 0.710 bits per heavy atom. The van der Waals surface area contributed by atoms with Gasteiger partial charge in [-0.05, 0) is 37.1 Å². The summed E-state index contributed by atoms with van der Waals surface area (Å²) in [6.45, 7) is 14.2. The molecular formula is C28H40N2O. The number of para-hydroxylation sites is 2. The van der Waals surface area contributed by atoms with Crippen molar-refractivity contribution in [3.63, 3.8) is 0 Å². The van der Waals surface area contributed by atoms with Crippen molar-refractivity contribution in [2.75, 3.05) is 23.7 Å². The van der Waals surface area contributed by atoms with Crippen LogP contribution in [0.5, 0.6) is 0 Å². The molecule has 0 fully saturated rings. The third kappa shape index (κ3) is 7.91. The summed E-state index contributed by atoms with van der Waals surface area (Å²) < 4.78 is 7.01. The Morgan fingerprint density at radius 2 is 1.10 bits per heavy atom. The lowest BCUT2D eigenvalue weighted by molar-refractivity contribution is -0.103.